The maximum atomic E-state index is 11.9. The van der Waals surface area contributed by atoms with Gasteiger partial charge in [-0.25, -0.2) is 23.1 Å². The fraction of sp³-hybridized carbons (Fsp3) is 0.200. The summed E-state index contributed by atoms with van der Waals surface area (Å²) in [5.74, 6) is 0. The van der Waals surface area contributed by atoms with Crippen molar-refractivity contribution in [3.8, 4) is 0 Å². The lowest BCUT2D eigenvalue weighted by atomic mass is 10.4. The Morgan fingerprint density at radius 2 is 2.06 bits per heavy atom. The third-order valence-electron chi connectivity index (χ3n) is 2.40. The average Bonchev–Trinajstić information content (AvgIpc) is 2.73. The van der Waals surface area contributed by atoms with E-state index in [-0.39, 0.29) is 16.7 Å². The quantitative estimate of drug-likeness (QED) is 0.849. The summed E-state index contributed by atoms with van der Waals surface area (Å²) in [5.41, 5.74) is 0.855. The van der Waals surface area contributed by atoms with Gasteiger partial charge in [-0.2, -0.15) is 0 Å². The SMILES string of the molecule is Cn1cccc1CNS(=O)(=O)c1cnc(Cl)nc1. The molecule has 0 aliphatic carbocycles. The molecule has 0 bridgehead atoms. The Morgan fingerprint density at radius 1 is 1.39 bits per heavy atom. The molecule has 0 saturated heterocycles. The molecule has 0 unspecified atom stereocenters. The van der Waals surface area contributed by atoms with Crippen LogP contribution in [0.2, 0.25) is 5.28 Å². The second kappa shape index (κ2) is 5.05. The normalized spacial score (nSPS) is 11.7. The first-order valence-electron chi connectivity index (χ1n) is 5.06. The van der Waals surface area contributed by atoms with E-state index >= 15 is 0 Å². The van der Waals surface area contributed by atoms with Gasteiger partial charge in [-0.3, -0.25) is 0 Å². The molecular weight excluding hydrogens is 276 g/mol. The van der Waals surface area contributed by atoms with Crippen molar-refractivity contribution < 1.29 is 8.42 Å². The average molecular weight is 287 g/mol. The van der Waals surface area contributed by atoms with Crippen molar-refractivity contribution in [3.63, 3.8) is 0 Å². The molecule has 96 valence electrons. The number of halogens is 1. The molecule has 0 fully saturated rings. The van der Waals surface area contributed by atoms with Gasteiger partial charge in [0.1, 0.15) is 4.90 Å². The molecule has 0 atom stereocenters. The fourth-order valence-corrected chi connectivity index (χ4v) is 2.36. The number of nitrogens with zero attached hydrogens (tertiary/aromatic N) is 3. The van der Waals surface area contributed by atoms with Crippen LogP contribution < -0.4 is 4.72 Å². The van der Waals surface area contributed by atoms with Gasteiger partial charge in [-0.15, -0.1) is 0 Å². The Bertz CT molecular complexity index is 636. The van der Waals surface area contributed by atoms with Crippen molar-refractivity contribution in [2.45, 2.75) is 11.4 Å². The minimum atomic E-state index is -3.62. The Labute approximate surface area is 110 Å². The van der Waals surface area contributed by atoms with E-state index in [1.807, 2.05) is 29.9 Å². The summed E-state index contributed by atoms with van der Waals surface area (Å²) in [7, 11) is -1.77. The van der Waals surface area contributed by atoms with E-state index < -0.39 is 10.0 Å². The van der Waals surface area contributed by atoms with Gasteiger partial charge in [0.05, 0.1) is 18.9 Å². The maximum Gasteiger partial charge on any atom is 0.243 e. The molecular formula is C10H11ClN4O2S. The molecule has 0 aliphatic rings. The lowest BCUT2D eigenvalue weighted by Crippen LogP contribution is -2.24. The van der Waals surface area contributed by atoms with Gasteiger partial charge in [0, 0.05) is 18.9 Å². The summed E-state index contributed by atoms with van der Waals surface area (Å²) in [6.07, 6.45) is 4.18. The fourth-order valence-electron chi connectivity index (χ4n) is 1.37. The van der Waals surface area contributed by atoms with Crippen LogP contribution in [-0.2, 0) is 23.6 Å². The van der Waals surface area contributed by atoms with E-state index in [9.17, 15) is 8.42 Å². The van der Waals surface area contributed by atoms with E-state index in [4.69, 9.17) is 11.6 Å². The van der Waals surface area contributed by atoms with Crippen LogP contribution in [0, 0.1) is 0 Å². The summed E-state index contributed by atoms with van der Waals surface area (Å²) in [4.78, 5) is 7.26. The Hall–Kier alpha value is -1.44. The van der Waals surface area contributed by atoms with Gasteiger partial charge < -0.3 is 4.57 Å². The lowest BCUT2D eigenvalue weighted by Gasteiger charge is -2.07. The zero-order chi connectivity index (χ0) is 13.2. The van der Waals surface area contributed by atoms with Crippen LogP contribution in [0.5, 0.6) is 0 Å². The molecule has 2 aromatic rings. The van der Waals surface area contributed by atoms with Gasteiger partial charge in [0.2, 0.25) is 15.3 Å². The molecule has 0 radical (unpaired) electrons. The van der Waals surface area contributed by atoms with Gasteiger partial charge in [-0.1, -0.05) is 0 Å². The van der Waals surface area contributed by atoms with Crippen molar-refractivity contribution in [3.05, 3.63) is 41.7 Å². The molecule has 8 heteroatoms. The number of sulfonamides is 1. The molecule has 1 N–H and O–H groups in total. The van der Waals surface area contributed by atoms with E-state index in [0.29, 0.717) is 0 Å². The smallest absolute Gasteiger partial charge is 0.243 e. The van der Waals surface area contributed by atoms with E-state index in [0.717, 1.165) is 5.69 Å². The molecule has 0 amide bonds. The van der Waals surface area contributed by atoms with Gasteiger partial charge >= 0.3 is 0 Å². The maximum absolute atomic E-state index is 11.9. The first-order valence-corrected chi connectivity index (χ1v) is 6.92. The lowest BCUT2D eigenvalue weighted by molar-refractivity contribution is 0.578. The molecule has 2 heterocycles. The summed E-state index contributed by atoms with van der Waals surface area (Å²) in [6.45, 7) is 0.203. The molecule has 6 nitrogen and oxygen atoms in total. The van der Waals surface area contributed by atoms with Gasteiger partial charge in [-0.05, 0) is 23.7 Å². The van der Waals surface area contributed by atoms with Crippen LogP contribution >= 0.6 is 11.6 Å². The summed E-state index contributed by atoms with van der Waals surface area (Å²) < 4.78 is 28.1. The highest BCUT2D eigenvalue weighted by molar-refractivity contribution is 7.89. The molecule has 0 aromatic carbocycles. The van der Waals surface area contributed by atoms with Crippen LogP contribution in [0.15, 0.2) is 35.6 Å². The number of nitrogens with one attached hydrogen (secondary N) is 1. The zero-order valence-corrected chi connectivity index (χ0v) is 11.1. The monoisotopic (exact) mass is 286 g/mol. The Balaban J connectivity index is 2.13. The third kappa shape index (κ3) is 2.87. The van der Waals surface area contributed by atoms with E-state index in [2.05, 4.69) is 14.7 Å². The molecule has 2 rings (SSSR count). The highest BCUT2D eigenvalue weighted by Crippen LogP contribution is 2.08. The number of aryl methyl sites for hydroxylation is 1. The number of aromatic nitrogens is 3. The highest BCUT2D eigenvalue weighted by Gasteiger charge is 2.15. The number of rotatable bonds is 4. The first kappa shape index (κ1) is 13.0. The Morgan fingerprint density at radius 3 is 2.61 bits per heavy atom. The van der Waals surface area contributed by atoms with Gasteiger partial charge in [0.15, 0.2) is 0 Å². The predicted octanol–water partition coefficient (Wildman–Crippen LogP) is 0.947. The minimum absolute atomic E-state index is 0.0105. The molecule has 0 saturated carbocycles. The predicted molar refractivity (Wildman–Crippen MR) is 66.5 cm³/mol. The highest BCUT2D eigenvalue weighted by atomic mass is 35.5. The minimum Gasteiger partial charge on any atom is -0.353 e. The molecule has 0 spiro atoms. The summed E-state index contributed by atoms with van der Waals surface area (Å²) in [5, 5.41) is 0.0105. The van der Waals surface area contributed by atoms with Crippen LogP contribution in [0.3, 0.4) is 0 Å². The van der Waals surface area contributed by atoms with Crippen molar-refractivity contribution in [2.75, 3.05) is 0 Å². The van der Waals surface area contributed by atoms with Gasteiger partial charge in [0.25, 0.3) is 0 Å². The second-order valence-electron chi connectivity index (χ2n) is 3.62. The van der Waals surface area contributed by atoms with Crippen molar-refractivity contribution in [1.82, 2.24) is 19.3 Å². The molecule has 0 aliphatic heterocycles. The number of hydrogen-bond donors (Lipinski definition) is 1. The zero-order valence-electron chi connectivity index (χ0n) is 9.54. The van der Waals surface area contributed by atoms with Crippen molar-refractivity contribution >= 4 is 21.6 Å². The van der Waals surface area contributed by atoms with Crippen LogP contribution in [-0.4, -0.2) is 23.0 Å². The Kier molecular flexibility index (Phi) is 3.65. The van der Waals surface area contributed by atoms with Crippen LogP contribution in [0.1, 0.15) is 5.69 Å². The molecule has 18 heavy (non-hydrogen) atoms. The third-order valence-corrected chi connectivity index (χ3v) is 3.95. The van der Waals surface area contributed by atoms with Crippen LogP contribution in [0.25, 0.3) is 0 Å². The standard InChI is InChI=1S/C10H11ClN4O2S/c1-15-4-2-3-8(15)5-14-18(16,17)9-6-12-10(11)13-7-9/h2-4,6-7,14H,5H2,1H3. The first-order chi connectivity index (χ1) is 8.49. The largest absolute Gasteiger partial charge is 0.353 e. The molecule has 2 aromatic heterocycles. The second-order valence-corrected chi connectivity index (χ2v) is 5.73. The van der Waals surface area contributed by atoms with Crippen LogP contribution in [0.4, 0.5) is 0 Å². The summed E-state index contributed by atoms with van der Waals surface area (Å²) >= 11 is 5.50. The van der Waals surface area contributed by atoms with Crippen molar-refractivity contribution in [1.29, 1.82) is 0 Å². The van der Waals surface area contributed by atoms with E-state index in [1.165, 1.54) is 12.4 Å². The summed E-state index contributed by atoms with van der Waals surface area (Å²) in [6, 6.07) is 3.68. The van der Waals surface area contributed by atoms with E-state index in [1.54, 1.807) is 0 Å². The van der Waals surface area contributed by atoms with Crippen molar-refractivity contribution in [2.24, 2.45) is 7.05 Å². The number of hydrogen-bond acceptors (Lipinski definition) is 4. The topological polar surface area (TPSA) is 76.9 Å².